The molecule has 0 atom stereocenters. The van der Waals surface area contributed by atoms with Crippen molar-refractivity contribution in [2.45, 2.75) is 46.1 Å². The molecule has 96 valence electrons. The lowest BCUT2D eigenvalue weighted by Crippen LogP contribution is -2.13. The normalized spacial score (nSPS) is 11.1. The van der Waals surface area contributed by atoms with E-state index in [0.29, 0.717) is 26.1 Å². The third kappa shape index (κ3) is 4.65. The summed E-state index contributed by atoms with van der Waals surface area (Å²) in [7, 11) is 0. The van der Waals surface area contributed by atoms with Gasteiger partial charge in [0.15, 0.2) is 0 Å². The van der Waals surface area contributed by atoms with Gasteiger partial charge < -0.3 is 4.74 Å². The molecule has 0 unspecified atom stereocenters. The van der Waals surface area contributed by atoms with Crippen molar-refractivity contribution in [3.8, 4) is 0 Å². The number of rotatable bonds is 8. The van der Waals surface area contributed by atoms with E-state index in [9.17, 15) is 4.79 Å². The van der Waals surface area contributed by atoms with Crippen molar-refractivity contribution in [3.05, 3.63) is 12.2 Å². The van der Waals surface area contributed by atoms with E-state index in [1.165, 1.54) is 6.33 Å². The number of ketones is 1. The van der Waals surface area contributed by atoms with Crippen LogP contribution in [0.1, 0.15) is 45.5 Å². The minimum absolute atomic E-state index is 0.194. The molecule has 1 aromatic heterocycles. The van der Waals surface area contributed by atoms with Gasteiger partial charge in [0.25, 0.3) is 0 Å². The number of carbonyl (C=O) groups excluding carboxylic acids is 1. The Bertz CT molecular complexity index is 347. The summed E-state index contributed by atoms with van der Waals surface area (Å²) in [6, 6.07) is 0.240. The van der Waals surface area contributed by atoms with Crippen LogP contribution < -0.4 is 0 Å². The predicted molar refractivity (Wildman–Crippen MR) is 64.8 cm³/mol. The number of ether oxygens (including phenoxy) is 1. The summed E-state index contributed by atoms with van der Waals surface area (Å²) >= 11 is 0. The summed E-state index contributed by atoms with van der Waals surface area (Å²) < 4.78 is 6.99. The van der Waals surface area contributed by atoms with Gasteiger partial charge in [-0.1, -0.05) is 0 Å². The quantitative estimate of drug-likeness (QED) is 0.649. The maximum Gasteiger partial charge on any atom is 0.140 e. The van der Waals surface area contributed by atoms with Gasteiger partial charge in [0, 0.05) is 25.7 Å². The summed E-state index contributed by atoms with van der Waals surface area (Å²) in [6.45, 7) is 7.36. The molecular formula is C12H21N3O2. The molecule has 1 aromatic rings. The van der Waals surface area contributed by atoms with Gasteiger partial charge in [0.2, 0.25) is 0 Å². The lowest BCUT2D eigenvalue weighted by Gasteiger charge is -2.08. The van der Waals surface area contributed by atoms with Crippen LogP contribution in [0.2, 0.25) is 0 Å². The van der Waals surface area contributed by atoms with Gasteiger partial charge in [0.05, 0.1) is 6.42 Å². The van der Waals surface area contributed by atoms with E-state index >= 15 is 0 Å². The standard InChI is InChI=1S/C12H21N3O2/c1-4-17-7-5-6-11(16)8-12-13-9-14-15(12)10(2)3/h9-10H,4-8H2,1-3H3. The average molecular weight is 239 g/mol. The Kier molecular flexibility index (Phi) is 5.83. The molecule has 0 bridgehead atoms. The molecule has 0 spiro atoms. The minimum atomic E-state index is 0.194. The number of nitrogens with zero attached hydrogens (tertiary/aromatic N) is 3. The molecule has 17 heavy (non-hydrogen) atoms. The van der Waals surface area contributed by atoms with Gasteiger partial charge >= 0.3 is 0 Å². The second-order valence-electron chi connectivity index (χ2n) is 4.23. The van der Waals surface area contributed by atoms with Crippen LogP contribution >= 0.6 is 0 Å². The van der Waals surface area contributed by atoms with Crippen LogP contribution in [-0.2, 0) is 16.0 Å². The largest absolute Gasteiger partial charge is 0.382 e. The number of aromatic nitrogens is 3. The highest BCUT2D eigenvalue weighted by Gasteiger charge is 2.11. The van der Waals surface area contributed by atoms with Crippen molar-refractivity contribution in [2.24, 2.45) is 0 Å². The summed E-state index contributed by atoms with van der Waals surface area (Å²) in [6.07, 6.45) is 3.19. The third-order valence-electron chi connectivity index (χ3n) is 2.44. The first-order valence-corrected chi connectivity index (χ1v) is 6.13. The van der Waals surface area contributed by atoms with Gasteiger partial charge in [-0.3, -0.25) is 4.79 Å². The van der Waals surface area contributed by atoms with E-state index in [-0.39, 0.29) is 11.8 Å². The molecule has 0 saturated carbocycles. The van der Waals surface area contributed by atoms with E-state index in [1.54, 1.807) is 4.68 Å². The topological polar surface area (TPSA) is 57.0 Å². The molecule has 0 aliphatic rings. The first-order chi connectivity index (χ1) is 8.15. The number of carbonyl (C=O) groups is 1. The predicted octanol–water partition coefficient (Wildman–Crippen LogP) is 1.79. The molecular weight excluding hydrogens is 218 g/mol. The average Bonchev–Trinajstić information content (AvgIpc) is 2.72. The van der Waals surface area contributed by atoms with Crippen molar-refractivity contribution in [2.75, 3.05) is 13.2 Å². The van der Waals surface area contributed by atoms with Crippen molar-refractivity contribution in [3.63, 3.8) is 0 Å². The first-order valence-electron chi connectivity index (χ1n) is 6.13. The van der Waals surface area contributed by atoms with Gasteiger partial charge in [-0.05, 0) is 27.2 Å². The fourth-order valence-corrected chi connectivity index (χ4v) is 1.61. The zero-order valence-corrected chi connectivity index (χ0v) is 10.8. The van der Waals surface area contributed by atoms with Crippen LogP contribution in [0, 0.1) is 0 Å². The highest BCUT2D eigenvalue weighted by molar-refractivity contribution is 5.80. The number of Topliss-reactive ketones (excluding diaryl/α,β-unsaturated/α-hetero) is 1. The Morgan fingerprint density at radius 3 is 2.94 bits per heavy atom. The van der Waals surface area contributed by atoms with Crippen molar-refractivity contribution >= 4 is 5.78 Å². The van der Waals surface area contributed by atoms with E-state index < -0.39 is 0 Å². The SMILES string of the molecule is CCOCCCC(=O)Cc1ncnn1C(C)C. The molecule has 1 heterocycles. The molecule has 0 radical (unpaired) electrons. The highest BCUT2D eigenvalue weighted by atomic mass is 16.5. The zero-order chi connectivity index (χ0) is 12.7. The van der Waals surface area contributed by atoms with Gasteiger partial charge in [0.1, 0.15) is 17.9 Å². The first kappa shape index (κ1) is 13.8. The molecule has 0 aliphatic heterocycles. The van der Waals surface area contributed by atoms with Crippen LogP contribution in [0.15, 0.2) is 6.33 Å². The number of hydrogen-bond donors (Lipinski definition) is 0. The lowest BCUT2D eigenvalue weighted by molar-refractivity contribution is -0.118. The van der Waals surface area contributed by atoms with E-state index in [0.717, 1.165) is 12.2 Å². The maximum atomic E-state index is 11.7. The second kappa shape index (κ2) is 7.17. The van der Waals surface area contributed by atoms with Crippen LogP contribution in [0.5, 0.6) is 0 Å². The van der Waals surface area contributed by atoms with Gasteiger partial charge in [-0.2, -0.15) is 5.10 Å². The summed E-state index contributed by atoms with van der Waals surface area (Å²) in [4.78, 5) is 15.8. The van der Waals surface area contributed by atoms with Crippen molar-refractivity contribution in [1.29, 1.82) is 0 Å². The molecule has 0 aliphatic carbocycles. The summed E-state index contributed by atoms with van der Waals surface area (Å²) in [5, 5.41) is 4.11. The summed E-state index contributed by atoms with van der Waals surface area (Å²) in [5.74, 6) is 0.945. The molecule has 0 N–H and O–H groups in total. The maximum absolute atomic E-state index is 11.7. The molecule has 0 saturated heterocycles. The van der Waals surface area contributed by atoms with Crippen molar-refractivity contribution < 1.29 is 9.53 Å². The summed E-state index contributed by atoms with van der Waals surface area (Å²) in [5.41, 5.74) is 0. The molecule has 5 nitrogen and oxygen atoms in total. The Hall–Kier alpha value is -1.23. The molecule has 0 fully saturated rings. The molecule has 1 rings (SSSR count). The Morgan fingerprint density at radius 1 is 1.53 bits per heavy atom. The minimum Gasteiger partial charge on any atom is -0.382 e. The van der Waals surface area contributed by atoms with Crippen LogP contribution in [-0.4, -0.2) is 33.8 Å². The lowest BCUT2D eigenvalue weighted by atomic mass is 10.1. The molecule has 5 heteroatoms. The highest BCUT2D eigenvalue weighted by Crippen LogP contribution is 2.07. The van der Waals surface area contributed by atoms with Crippen LogP contribution in [0.25, 0.3) is 0 Å². The number of hydrogen-bond acceptors (Lipinski definition) is 4. The fraction of sp³-hybridized carbons (Fsp3) is 0.750. The monoisotopic (exact) mass is 239 g/mol. The van der Waals surface area contributed by atoms with Gasteiger partial charge in [-0.25, -0.2) is 9.67 Å². The molecule has 0 amide bonds. The van der Waals surface area contributed by atoms with E-state index in [2.05, 4.69) is 10.1 Å². The fourth-order valence-electron chi connectivity index (χ4n) is 1.61. The zero-order valence-electron chi connectivity index (χ0n) is 10.8. The van der Waals surface area contributed by atoms with Crippen LogP contribution in [0.4, 0.5) is 0 Å². The smallest absolute Gasteiger partial charge is 0.140 e. The van der Waals surface area contributed by atoms with Gasteiger partial charge in [-0.15, -0.1) is 0 Å². The Morgan fingerprint density at radius 2 is 2.29 bits per heavy atom. The van der Waals surface area contributed by atoms with Crippen LogP contribution in [0.3, 0.4) is 0 Å². The third-order valence-corrected chi connectivity index (χ3v) is 2.44. The Labute approximate surface area is 102 Å². The Balaban J connectivity index is 2.37. The second-order valence-corrected chi connectivity index (χ2v) is 4.23. The van der Waals surface area contributed by atoms with E-state index in [1.807, 2.05) is 20.8 Å². The van der Waals surface area contributed by atoms with E-state index in [4.69, 9.17) is 4.74 Å². The molecule has 0 aromatic carbocycles. The van der Waals surface area contributed by atoms with Crippen molar-refractivity contribution in [1.82, 2.24) is 14.8 Å².